The Hall–Kier alpha value is -4.38. The number of carbonyl (C=O) groups excluding carboxylic acids is 3. The predicted molar refractivity (Wildman–Crippen MR) is 145 cm³/mol. The lowest BCUT2D eigenvalue weighted by Crippen LogP contribution is -2.29. The lowest BCUT2D eigenvalue weighted by molar-refractivity contribution is -0.132. The number of thiazole rings is 1. The average molecular weight is 553 g/mol. The van der Waals surface area contributed by atoms with Gasteiger partial charge in [0, 0.05) is 11.1 Å². The van der Waals surface area contributed by atoms with Crippen LogP contribution in [0, 0.1) is 13.8 Å². The minimum Gasteiger partial charge on any atom is -0.507 e. The van der Waals surface area contributed by atoms with Crippen LogP contribution in [-0.2, 0) is 14.3 Å². The molecule has 1 aliphatic rings. The topological polar surface area (TPSA) is 124 Å². The van der Waals surface area contributed by atoms with Gasteiger partial charge in [-0.25, -0.2) is 9.78 Å². The van der Waals surface area contributed by atoms with Crippen molar-refractivity contribution in [2.45, 2.75) is 26.8 Å². The summed E-state index contributed by atoms with van der Waals surface area (Å²) < 4.78 is 21.4. The highest BCUT2D eigenvalue weighted by Crippen LogP contribution is 2.47. The van der Waals surface area contributed by atoms with Gasteiger partial charge in [0.05, 0.1) is 39.2 Å². The molecule has 2 aromatic carbocycles. The normalized spacial score (nSPS) is 16.4. The number of aromatic nitrogens is 1. The van der Waals surface area contributed by atoms with Crippen molar-refractivity contribution in [3.05, 3.63) is 69.2 Å². The van der Waals surface area contributed by atoms with Gasteiger partial charge in [-0.05, 0) is 62.7 Å². The highest BCUT2D eigenvalue weighted by atomic mass is 32.1. The van der Waals surface area contributed by atoms with E-state index >= 15 is 0 Å². The second kappa shape index (κ2) is 11.2. The number of benzene rings is 2. The number of hydrogen-bond acceptors (Lipinski definition) is 10. The van der Waals surface area contributed by atoms with Crippen molar-refractivity contribution >= 4 is 39.9 Å². The van der Waals surface area contributed by atoms with Gasteiger partial charge in [0.25, 0.3) is 5.78 Å². The number of Topliss-reactive ketones (excluding diaryl/α,β-unsaturated/α-hetero) is 1. The number of methoxy groups -OCH3 is 3. The number of aliphatic hydroxyl groups is 1. The van der Waals surface area contributed by atoms with Gasteiger partial charge in [0.1, 0.15) is 33.9 Å². The molecule has 1 fully saturated rings. The van der Waals surface area contributed by atoms with Gasteiger partial charge in [0.15, 0.2) is 5.13 Å². The first-order chi connectivity index (χ1) is 18.7. The fourth-order valence-corrected chi connectivity index (χ4v) is 5.42. The van der Waals surface area contributed by atoms with Gasteiger partial charge in [-0.3, -0.25) is 14.5 Å². The molecule has 0 unspecified atom stereocenters. The lowest BCUT2D eigenvalue weighted by Gasteiger charge is -2.25. The summed E-state index contributed by atoms with van der Waals surface area (Å²) in [5.74, 6) is -1.40. The minimum absolute atomic E-state index is 0.0949. The van der Waals surface area contributed by atoms with E-state index in [0.717, 1.165) is 16.9 Å². The highest BCUT2D eigenvalue weighted by molar-refractivity contribution is 7.17. The van der Waals surface area contributed by atoms with E-state index in [1.165, 1.54) is 26.2 Å². The van der Waals surface area contributed by atoms with E-state index in [0.29, 0.717) is 34.1 Å². The fraction of sp³-hybridized carbons (Fsp3) is 0.286. The highest BCUT2D eigenvalue weighted by Gasteiger charge is 2.49. The quantitative estimate of drug-likeness (QED) is 0.185. The molecular weight excluding hydrogens is 524 g/mol. The summed E-state index contributed by atoms with van der Waals surface area (Å²) in [4.78, 5) is 45.4. The number of aryl methyl sites for hydroxylation is 2. The molecule has 0 radical (unpaired) electrons. The Morgan fingerprint density at radius 2 is 1.72 bits per heavy atom. The molecule has 1 saturated heterocycles. The number of esters is 1. The third-order valence-corrected chi connectivity index (χ3v) is 7.43. The van der Waals surface area contributed by atoms with Crippen LogP contribution in [0.2, 0.25) is 0 Å². The van der Waals surface area contributed by atoms with Crippen LogP contribution in [0.1, 0.15) is 45.0 Å². The first-order valence-electron chi connectivity index (χ1n) is 12.0. The summed E-state index contributed by atoms with van der Waals surface area (Å²) in [6, 6.07) is 8.72. The van der Waals surface area contributed by atoms with Gasteiger partial charge in [-0.1, -0.05) is 11.3 Å². The van der Waals surface area contributed by atoms with Crippen LogP contribution in [0.5, 0.6) is 17.2 Å². The molecular formula is C28H28N2O8S. The van der Waals surface area contributed by atoms with Crippen molar-refractivity contribution in [2.24, 2.45) is 0 Å². The Labute approximate surface area is 229 Å². The van der Waals surface area contributed by atoms with E-state index in [1.807, 2.05) is 0 Å². The molecule has 1 N–H and O–H groups in total. The molecule has 204 valence electrons. The summed E-state index contributed by atoms with van der Waals surface area (Å²) in [5.41, 5.74) is 1.61. The van der Waals surface area contributed by atoms with E-state index in [9.17, 15) is 19.5 Å². The Balaban J connectivity index is 1.99. The Morgan fingerprint density at radius 1 is 1.03 bits per heavy atom. The Bertz CT molecular complexity index is 1490. The maximum absolute atomic E-state index is 13.6. The van der Waals surface area contributed by atoms with E-state index < -0.39 is 23.7 Å². The third kappa shape index (κ3) is 4.92. The summed E-state index contributed by atoms with van der Waals surface area (Å²) in [7, 11) is 4.47. The van der Waals surface area contributed by atoms with Crippen LogP contribution in [0.25, 0.3) is 5.76 Å². The maximum Gasteiger partial charge on any atom is 0.350 e. The summed E-state index contributed by atoms with van der Waals surface area (Å²) in [6.07, 6.45) is 0. The molecule has 0 aliphatic carbocycles. The van der Waals surface area contributed by atoms with Crippen molar-refractivity contribution in [3.8, 4) is 17.2 Å². The Kier molecular flexibility index (Phi) is 7.91. The molecule has 3 aromatic rings. The van der Waals surface area contributed by atoms with Crippen molar-refractivity contribution in [1.29, 1.82) is 0 Å². The zero-order chi connectivity index (χ0) is 28.4. The van der Waals surface area contributed by atoms with Gasteiger partial charge >= 0.3 is 11.9 Å². The molecule has 4 rings (SSSR count). The van der Waals surface area contributed by atoms with Gasteiger partial charge in [-0.2, -0.15) is 0 Å². The molecule has 10 nitrogen and oxygen atoms in total. The second-order valence-electron chi connectivity index (χ2n) is 8.59. The largest absolute Gasteiger partial charge is 0.507 e. The number of carbonyl (C=O) groups is 3. The van der Waals surface area contributed by atoms with E-state index in [4.69, 9.17) is 18.9 Å². The molecule has 1 aromatic heterocycles. The number of rotatable bonds is 8. The SMILES string of the molecule is CCOC(=O)c1sc(N2C(=O)C(=O)C(=C(O)c3ccc(OC)c(C)c3)[C@H]2c2cc(OC)ccc2OC)nc1C. The standard InChI is InChI=1S/C28H28N2O8S/c1-7-38-27(34)25-15(3)29-28(39-25)30-22(18-13-17(35-4)9-11-20(18)37-6)21(24(32)26(30)33)23(31)16-8-10-19(36-5)14(2)12-16/h8-13,22,31H,7H2,1-6H3/t22-/m1/s1. The fourth-order valence-electron chi connectivity index (χ4n) is 4.43. The third-order valence-electron chi connectivity index (χ3n) is 6.30. The average Bonchev–Trinajstić information content (AvgIpc) is 3.44. The van der Waals surface area contributed by atoms with Crippen LogP contribution in [0.15, 0.2) is 42.0 Å². The Morgan fingerprint density at radius 3 is 2.33 bits per heavy atom. The maximum atomic E-state index is 13.6. The molecule has 39 heavy (non-hydrogen) atoms. The molecule has 0 bridgehead atoms. The first-order valence-corrected chi connectivity index (χ1v) is 12.8. The number of amides is 1. The van der Waals surface area contributed by atoms with Crippen LogP contribution < -0.4 is 19.1 Å². The molecule has 1 aliphatic heterocycles. The van der Waals surface area contributed by atoms with Crippen molar-refractivity contribution < 1.29 is 38.4 Å². The summed E-state index contributed by atoms with van der Waals surface area (Å²) in [6.45, 7) is 5.26. The van der Waals surface area contributed by atoms with Crippen molar-refractivity contribution in [3.63, 3.8) is 0 Å². The number of nitrogens with zero attached hydrogens (tertiary/aromatic N) is 2. The van der Waals surface area contributed by atoms with Crippen LogP contribution >= 0.6 is 11.3 Å². The van der Waals surface area contributed by atoms with Crippen molar-refractivity contribution in [1.82, 2.24) is 4.98 Å². The zero-order valence-corrected chi connectivity index (χ0v) is 23.2. The summed E-state index contributed by atoms with van der Waals surface area (Å²) >= 11 is 0.924. The van der Waals surface area contributed by atoms with E-state index in [-0.39, 0.29) is 27.9 Å². The monoisotopic (exact) mass is 552 g/mol. The minimum atomic E-state index is -1.14. The predicted octanol–water partition coefficient (Wildman–Crippen LogP) is 4.59. The lowest BCUT2D eigenvalue weighted by atomic mass is 9.94. The van der Waals surface area contributed by atoms with Crippen LogP contribution in [0.3, 0.4) is 0 Å². The molecule has 0 saturated carbocycles. The number of ketones is 1. The number of ether oxygens (including phenoxy) is 4. The van der Waals surface area contributed by atoms with Gasteiger partial charge in [-0.15, -0.1) is 0 Å². The molecule has 11 heteroatoms. The smallest absolute Gasteiger partial charge is 0.350 e. The second-order valence-corrected chi connectivity index (χ2v) is 9.57. The molecule has 2 heterocycles. The number of anilines is 1. The van der Waals surface area contributed by atoms with Crippen LogP contribution in [0.4, 0.5) is 5.13 Å². The first kappa shape index (κ1) is 27.6. The summed E-state index contributed by atoms with van der Waals surface area (Å²) in [5, 5.41) is 11.6. The number of hydrogen-bond donors (Lipinski definition) is 1. The molecule has 0 spiro atoms. The van der Waals surface area contributed by atoms with E-state index in [1.54, 1.807) is 57.2 Å². The zero-order valence-electron chi connectivity index (χ0n) is 22.4. The molecule has 1 amide bonds. The van der Waals surface area contributed by atoms with E-state index in [2.05, 4.69) is 4.98 Å². The van der Waals surface area contributed by atoms with Crippen LogP contribution in [-0.4, -0.2) is 55.7 Å². The number of aliphatic hydroxyl groups excluding tert-OH is 1. The van der Waals surface area contributed by atoms with Gasteiger partial charge in [0.2, 0.25) is 0 Å². The van der Waals surface area contributed by atoms with Crippen molar-refractivity contribution in [2.75, 3.05) is 32.8 Å². The van der Waals surface area contributed by atoms with Gasteiger partial charge < -0.3 is 24.1 Å². The molecule has 1 atom stereocenters.